The molecule has 116 valence electrons. The molecular weight excluding hydrogens is 346 g/mol. The van der Waals surface area contributed by atoms with E-state index >= 15 is 0 Å². The van der Waals surface area contributed by atoms with Gasteiger partial charge in [0.2, 0.25) is 5.91 Å². The van der Waals surface area contributed by atoms with Crippen LogP contribution in [0.4, 0.5) is 0 Å². The van der Waals surface area contributed by atoms with Gasteiger partial charge in [0.25, 0.3) is 0 Å². The van der Waals surface area contributed by atoms with Crippen LogP contribution in [0.15, 0.2) is 41.0 Å². The summed E-state index contributed by atoms with van der Waals surface area (Å²) in [7, 11) is 1.62. The van der Waals surface area contributed by atoms with Crippen LogP contribution in [0, 0.1) is 0 Å². The molecule has 0 aliphatic rings. The standard InChI is InChI=1S/C16H18BrN3O2/c1-3-20-15(14(17)10-19-20)11-18-16(21)9-6-12-4-7-13(22-2)8-5-12/h4-10H,3,11H2,1-2H3,(H,18,21)/b9-6+. The fourth-order valence-corrected chi connectivity index (χ4v) is 2.39. The molecule has 22 heavy (non-hydrogen) atoms. The summed E-state index contributed by atoms with van der Waals surface area (Å²) in [5, 5.41) is 7.06. The van der Waals surface area contributed by atoms with Crippen LogP contribution < -0.4 is 10.1 Å². The molecule has 0 unspecified atom stereocenters. The highest BCUT2D eigenvalue weighted by atomic mass is 79.9. The van der Waals surface area contributed by atoms with E-state index in [4.69, 9.17) is 4.74 Å². The monoisotopic (exact) mass is 363 g/mol. The third-order valence-electron chi connectivity index (χ3n) is 3.17. The van der Waals surface area contributed by atoms with E-state index in [0.717, 1.165) is 28.0 Å². The number of methoxy groups -OCH3 is 1. The SMILES string of the molecule is CCn1ncc(Br)c1CNC(=O)/C=C/c1ccc(OC)cc1. The Morgan fingerprint density at radius 2 is 2.14 bits per heavy atom. The van der Waals surface area contributed by atoms with Crippen molar-refractivity contribution in [1.29, 1.82) is 0 Å². The maximum absolute atomic E-state index is 11.9. The number of hydrogen-bond acceptors (Lipinski definition) is 3. The van der Waals surface area contributed by atoms with Gasteiger partial charge in [0.1, 0.15) is 5.75 Å². The van der Waals surface area contributed by atoms with Gasteiger partial charge in [-0.1, -0.05) is 12.1 Å². The molecular formula is C16H18BrN3O2. The smallest absolute Gasteiger partial charge is 0.244 e. The maximum atomic E-state index is 11.9. The van der Waals surface area contributed by atoms with Crippen molar-refractivity contribution in [1.82, 2.24) is 15.1 Å². The largest absolute Gasteiger partial charge is 0.497 e. The van der Waals surface area contributed by atoms with Gasteiger partial charge in [0.05, 0.1) is 30.0 Å². The summed E-state index contributed by atoms with van der Waals surface area (Å²) in [4.78, 5) is 11.9. The number of benzene rings is 1. The molecule has 6 heteroatoms. The molecule has 0 saturated carbocycles. The molecule has 1 heterocycles. The molecule has 0 aliphatic heterocycles. The van der Waals surface area contributed by atoms with Gasteiger partial charge in [-0.2, -0.15) is 5.10 Å². The molecule has 0 bridgehead atoms. The molecule has 5 nitrogen and oxygen atoms in total. The van der Waals surface area contributed by atoms with E-state index in [9.17, 15) is 4.79 Å². The summed E-state index contributed by atoms with van der Waals surface area (Å²) in [6.07, 6.45) is 5.02. The highest BCUT2D eigenvalue weighted by molar-refractivity contribution is 9.10. The molecule has 1 N–H and O–H groups in total. The Balaban J connectivity index is 1.92. The fraction of sp³-hybridized carbons (Fsp3) is 0.250. The number of nitrogens with one attached hydrogen (secondary N) is 1. The van der Waals surface area contributed by atoms with E-state index in [1.807, 2.05) is 35.9 Å². The molecule has 1 amide bonds. The normalized spacial score (nSPS) is 10.9. The number of aromatic nitrogens is 2. The number of rotatable bonds is 6. The van der Waals surface area contributed by atoms with Crippen molar-refractivity contribution >= 4 is 27.9 Å². The highest BCUT2D eigenvalue weighted by Crippen LogP contribution is 2.15. The number of aryl methyl sites for hydroxylation is 1. The van der Waals surface area contributed by atoms with Crippen LogP contribution in [0.2, 0.25) is 0 Å². The Bertz CT molecular complexity index is 663. The average Bonchev–Trinajstić information content (AvgIpc) is 2.91. The van der Waals surface area contributed by atoms with Crippen molar-refractivity contribution in [3.63, 3.8) is 0 Å². The molecule has 1 aromatic carbocycles. The van der Waals surface area contributed by atoms with Crippen LogP contribution in [0.5, 0.6) is 5.75 Å². The molecule has 0 radical (unpaired) electrons. The number of carbonyl (C=O) groups excluding carboxylic acids is 1. The van der Waals surface area contributed by atoms with Gasteiger partial charge < -0.3 is 10.1 Å². The third kappa shape index (κ3) is 4.21. The van der Waals surface area contributed by atoms with Crippen LogP contribution in [-0.2, 0) is 17.9 Å². The van der Waals surface area contributed by atoms with E-state index in [1.165, 1.54) is 6.08 Å². The molecule has 0 aliphatic carbocycles. The van der Waals surface area contributed by atoms with E-state index < -0.39 is 0 Å². The summed E-state index contributed by atoms with van der Waals surface area (Å²) in [5.41, 5.74) is 1.89. The van der Waals surface area contributed by atoms with Crippen LogP contribution in [0.1, 0.15) is 18.2 Å². The summed E-state index contributed by atoms with van der Waals surface area (Å²) >= 11 is 3.43. The average molecular weight is 364 g/mol. The second-order valence-corrected chi connectivity index (χ2v) is 5.43. The number of ether oxygens (including phenoxy) is 1. The lowest BCUT2D eigenvalue weighted by Gasteiger charge is -2.06. The third-order valence-corrected chi connectivity index (χ3v) is 3.83. The summed E-state index contributed by atoms with van der Waals surface area (Å²) in [6.45, 7) is 3.20. The Kier molecular flexibility index (Phi) is 5.77. The molecule has 1 aromatic heterocycles. The molecule has 2 rings (SSSR count). The van der Waals surface area contributed by atoms with Gasteiger partial charge in [-0.25, -0.2) is 0 Å². The maximum Gasteiger partial charge on any atom is 0.244 e. The van der Waals surface area contributed by atoms with E-state index in [-0.39, 0.29) is 5.91 Å². The van der Waals surface area contributed by atoms with Crippen LogP contribution in [-0.4, -0.2) is 22.8 Å². The summed E-state index contributed by atoms with van der Waals surface area (Å²) < 4.78 is 7.83. The minimum Gasteiger partial charge on any atom is -0.497 e. The Morgan fingerprint density at radius 3 is 2.77 bits per heavy atom. The Labute approximate surface area is 138 Å². The lowest BCUT2D eigenvalue weighted by molar-refractivity contribution is -0.116. The minimum absolute atomic E-state index is 0.147. The first-order valence-electron chi connectivity index (χ1n) is 6.94. The zero-order chi connectivity index (χ0) is 15.9. The predicted molar refractivity (Wildman–Crippen MR) is 89.5 cm³/mol. The second kappa shape index (κ2) is 7.79. The van der Waals surface area contributed by atoms with Crippen molar-refractivity contribution in [2.75, 3.05) is 7.11 Å². The first-order valence-corrected chi connectivity index (χ1v) is 7.73. The predicted octanol–water partition coefficient (Wildman–Crippen LogP) is 3.00. The van der Waals surface area contributed by atoms with Crippen LogP contribution in [0.3, 0.4) is 0 Å². The molecule has 2 aromatic rings. The lowest BCUT2D eigenvalue weighted by atomic mass is 10.2. The van der Waals surface area contributed by atoms with Crippen molar-refractivity contribution in [3.05, 3.63) is 52.3 Å². The van der Waals surface area contributed by atoms with E-state index in [2.05, 4.69) is 26.3 Å². The first-order chi connectivity index (χ1) is 10.6. The van der Waals surface area contributed by atoms with Crippen molar-refractivity contribution in [3.8, 4) is 5.75 Å². The van der Waals surface area contributed by atoms with Gasteiger partial charge in [-0.05, 0) is 46.6 Å². The van der Waals surface area contributed by atoms with E-state index in [0.29, 0.717) is 6.54 Å². The zero-order valence-corrected chi connectivity index (χ0v) is 14.1. The molecule has 0 atom stereocenters. The minimum atomic E-state index is -0.147. The van der Waals surface area contributed by atoms with Gasteiger partial charge >= 0.3 is 0 Å². The second-order valence-electron chi connectivity index (χ2n) is 4.58. The van der Waals surface area contributed by atoms with Crippen molar-refractivity contribution < 1.29 is 9.53 Å². The molecule has 0 fully saturated rings. The van der Waals surface area contributed by atoms with E-state index in [1.54, 1.807) is 19.4 Å². The number of halogens is 1. The Morgan fingerprint density at radius 1 is 1.41 bits per heavy atom. The highest BCUT2D eigenvalue weighted by Gasteiger charge is 2.07. The summed E-state index contributed by atoms with van der Waals surface area (Å²) in [5.74, 6) is 0.644. The van der Waals surface area contributed by atoms with Gasteiger partial charge in [-0.15, -0.1) is 0 Å². The van der Waals surface area contributed by atoms with Crippen LogP contribution in [0.25, 0.3) is 6.08 Å². The van der Waals surface area contributed by atoms with Gasteiger partial charge in [0.15, 0.2) is 0 Å². The van der Waals surface area contributed by atoms with Crippen LogP contribution >= 0.6 is 15.9 Å². The molecule has 0 saturated heterocycles. The van der Waals surface area contributed by atoms with Gasteiger partial charge in [-0.3, -0.25) is 9.48 Å². The quantitative estimate of drug-likeness (QED) is 0.802. The number of amides is 1. The Hall–Kier alpha value is -2.08. The number of nitrogens with zero attached hydrogens (tertiary/aromatic N) is 2. The topological polar surface area (TPSA) is 56.2 Å². The molecule has 0 spiro atoms. The first kappa shape index (κ1) is 16.3. The fourth-order valence-electron chi connectivity index (χ4n) is 1.95. The van der Waals surface area contributed by atoms with Crippen molar-refractivity contribution in [2.45, 2.75) is 20.0 Å². The van der Waals surface area contributed by atoms with Gasteiger partial charge in [0, 0.05) is 12.6 Å². The lowest BCUT2D eigenvalue weighted by Crippen LogP contribution is -2.22. The summed E-state index contributed by atoms with van der Waals surface area (Å²) in [6, 6.07) is 7.50. The van der Waals surface area contributed by atoms with Crippen molar-refractivity contribution in [2.24, 2.45) is 0 Å². The zero-order valence-electron chi connectivity index (χ0n) is 12.5. The number of carbonyl (C=O) groups is 1. The number of hydrogen-bond donors (Lipinski definition) is 1.